The first kappa shape index (κ1) is 26.1. The molecule has 1 heterocycles. The SMILES string of the molecule is COc1cc(/C=C2\C(=O)NC(=S)N(c3cccc(Cl)c3Cl)C2=O)cc(Br)c1OCc1ccc(F)cc1. The van der Waals surface area contributed by atoms with E-state index in [2.05, 4.69) is 21.2 Å². The Hall–Kier alpha value is -2.98. The van der Waals surface area contributed by atoms with Crippen LogP contribution in [0.2, 0.25) is 10.0 Å². The van der Waals surface area contributed by atoms with E-state index in [-0.39, 0.29) is 38.8 Å². The molecule has 0 bridgehead atoms. The molecule has 36 heavy (non-hydrogen) atoms. The van der Waals surface area contributed by atoms with Gasteiger partial charge in [-0.25, -0.2) is 4.39 Å². The van der Waals surface area contributed by atoms with Crippen LogP contribution in [0.15, 0.2) is 64.6 Å². The average Bonchev–Trinajstić information content (AvgIpc) is 2.84. The Morgan fingerprint density at radius 3 is 2.56 bits per heavy atom. The molecule has 3 aromatic rings. The number of carbonyl (C=O) groups is 2. The van der Waals surface area contributed by atoms with Crippen LogP contribution in [0.5, 0.6) is 11.5 Å². The molecule has 2 amide bonds. The van der Waals surface area contributed by atoms with Crippen molar-refractivity contribution in [1.29, 1.82) is 0 Å². The third-order valence-electron chi connectivity index (χ3n) is 5.13. The Bertz CT molecular complexity index is 1420. The first-order valence-corrected chi connectivity index (χ1v) is 12.3. The fraction of sp³-hybridized carbons (Fsp3) is 0.0800. The second kappa shape index (κ2) is 11.0. The number of amides is 2. The predicted molar refractivity (Wildman–Crippen MR) is 144 cm³/mol. The van der Waals surface area contributed by atoms with Gasteiger partial charge in [-0.15, -0.1) is 0 Å². The molecule has 11 heteroatoms. The molecule has 3 aromatic carbocycles. The molecule has 184 valence electrons. The number of halogens is 4. The number of hydrogen-bond acceptors (Lipinski definition) is 5. The van der Waals surface area contributed by atoms with Crippen molar-refractivity contribution in [3.8, 4) is 11.5 Å². The van der Waals surface area contributed by atoms with Crippen molar-refractivity contribution in [3.63, 3.8) is 0 Å². The number of rotatable bonds is 6. The van der Waals surface area contributed by atoms with Crippen LogP contribution in [0.4, 0.5) is 10.1 Å². The van der Waals surface area contributed by atoms with Gasteiger partial charge in [0.25, 0.3) is 11.8 Å². The Morgan fingerprint density at radius 1 is 1.14 bits per heavy atom. The number of nitrogens with zero attached hydrogens (tertiary/aromatic N) is 1. The molecule has 1 saturated heterocycles. The quantitative estimate of drug-likeness (QED) is 0.201. The summed E-state index contributed by atoms with van der Waals surface area (Å²) in [6.07, 6.45) is 1.40. The van der Waals surface area contributed by atoms with Crippen molar-refractivity contribution in [1.82, 2.24) is 5.32 Å². The molecule has 0 unspecified atom stereocenters. The van der Waals surface area contributed by atoms with Gasteiger partial charge in [0.1, 0.15) is 18.0 Å². The molecule has 0 spiro atoms. The summed E-state index contributed by atoms with van der Waals surface area (Å²) >= 11 is 21.1. The Balaban J connectivity index is 1.66. The molecular formula is C25H16BrCl2FN2O4S. The minimum Gasteiger partial charge on any atom is -0.493 e. The molecule has 1 aliphatic heterocycles. The first-order valence-electron chi connectivity index (χ1n) is 10.3. The van der Waals surface area contributed by atoms with Crippen molar-refractivity contribution >= 4 is 80.0 Å². The highest BCUT2D eigenvalue weighted by molar-refractivity contribution is 9.10. The van der Waals surface area contributed by atoms with Crippen LogP contribution in [0, 0.1) is 5.82 Å². The topological polar surface area (TPSA) is 67.9 Å². The lowest BCUT2D eigenvalue weighted by Gasteiger charge is -2.29. The number of carbonyl (C=O) groups excluding carboxylic acids is 2. The maximum absolute atomic E-state index is 13.3. The van der Waals surface area contributed by atoms with Gasteiger partial charge < -0.3 is 9.47 Å². The largest absolute Gasteiger partial charge is 0.493 e. The summed E-state index contributed by atoms with van der Waals surface area (Å²) in [5, 5.41) is 2.75. The summed E-state index contributed by atoms with van der Waals surface area (Å²) in [6, 6.07) is 14.0. The molecule has 4 rings (SSSR count). The van der Waals surface area contributed by atoms with Crippen molar-refractivity contribution in [2.24, 2.45) is 0 Å². The van der Waals surface area contributed by atoms with Gasteiger partial charge in [0.15, 0.2) is 16.6 Å². The Morgan fingerprint density at radius 2 is 1.86 bits per heavy atom. The van der Waals surface area contributed by atoms with Crippen LogP contribution in [0.1, 0.15) is 11.1 Å². The van der Waals surface area contributed by atoms with Crippen LogP contribution < -0.4 is 19.7 Å². The van der Waals surface area contributed by atoms with Crippen molar-refractivity contribution in [3.05, 3.63) is 91.6 Å². The molecule has 0 saturated carbocycles. The van der Waals surface area contributed by atoms with E-state index in [0.717, 1.165) is 10.5 Å². The van der Waals surface area contributed by atoms with Gasteiger partial charge in [-0.2, -0.15) is 0 Å². The lowest BCUT2D eigenvalue weighted by molar-refractivity contribution is -0.122. The van der Waals surface area contributed by atoms with Crippen LogP contribution in [0.3, 0.4) is 0 Å². The molecule has 6 nitrogen and oxygen atoms in total. The number of thiocarbonyl (C=S) groups is 1. The van der Waals surface area contributed by atoms with Gasteiger partial charge in [-0.05, 0) is 81.7 Å². The highest BCUT2D eigenvalue weighted by atomic mass is 79.9. The van der Waals surface area contributed by atoms with Gasteiger partial charge in [0, 0.05) is 0 Å². The van der Waals surface area contributed by atoms with E-state index in [1.54, 1.807) is 42.5 Å². The maximum atomic E-state index is 13.3. The molecule has 1 aliphatic rings. The summed E-state index contributed by atoms with van der Waals surface area (Å²) in [5.41, 5.74) is 1.31. The lowest BCUT2D eigenvalue weighted by atomic mass is 10.1. The van der Waals surface area contributed by atoms with Crippen LogP contribution >= 0.6 is 51.3 Å². The highest BCUT2D eigenvalue weighted by Gasteiger charge is 2.35. The molecular weight excluding hydrogens is 594 g/mol. The number of anilines is 1. The predicted octanol–water partition coefficient (Wildman–Crippen LogP) is 6.31. The van der Waals surface area contributed by atoms with E-state index in [0.29, 0.717) is 21.5 Å². The van der Waals surface area contributed by atoms with Gasteiger partial charge >= 0.3 is 0 Å². The van der Waals surface area contributed by atoms with E-state index >= 15 is 0 Å². The third kappa shape index (κ3) is 5.39. The molecule has 0 radical (unpaired) electrons. The fourth-order valence-corrected chi connectivity index (χ4v) is 4.64. The van der Waals surface area contributed by atoms with Gasteiger partial charge in [-0.3, -0.25) is 19.8 Å². The average molecular weight is 610 g/mol. The molecule has 0 aromatic heterocycles. The Kier molecular flexibility index (Phi) is 7.94. The van der Waals surface area contributed by atoms with E-state index in [1.165, 1.54) is 25.3 Å². The zero-order valence-electron chi connectivity index (χ0n) is 18.5. The van der Waals surface area contributed by atoms with Crippen molar-refractivity contribution in [2.75, 3.05) is 12.0 Å². The monoisotopic (exact) mass is 608 g/mol. The van der Waals surface area contributed by atoms with Crippen molar-refractivity contribution in [2.45, 2.75) is 6.61 Å². The Labute approximate surface area is 229 Å². The standard InChI is InChI=1S/C25H16BrCl2FN2O4S/c1-34-20-11-14(10-17(26)22(20)35-12-13-5-7-15(29)8-6-13)9-16-23(32)30-25(36)31(24(16)33)19-4-2-3-18(27)21(19)28/h2-11H,12H2,1H3,(H,30,32,36)/b16-9+. The van der Waals surface area contributed by atoms with Gasteiger partial charge in [0.05, 0.1) is 27.3 Å². The minimum atomic E-state index is -0.667. The van der Waals surface area contributed by atoms with Gasteiger partial charge in [-0.1, -0.05) is 41.4 Å². The van der Waals surface area contributed by atoms with Gasteiger partial charge in [0.2, 0.25) is 0 Å². The molecule has 0 aliphatic carbocycles. The number of ether oxygens (including phenoxy) is 2. The summed E-state index contributed by atoms with van der Waals surface area (Å²) < 4.78 is 25.0. The number of methoxy groups -OCH3 is 1. The summed E-state index contributed by atoms with van der Waals surface area (Å²) in [5.74, 6) is -0.914. The minimum absolute atomic E-state index is 0.116. The second-order valence-electron chi connectivity index (χ2n) is 7.48. The molecule has 1 fully saturated rings. The fourth-order valence-electron chi connectivity index (χ4n) is 3.41. The maximum Gasteiger partial charge on any atom is 0.270 e. The van der Waals surface area contributed by atoms with E-state index in [1.807, 2.05) is 0 Å². The van der Waals surface area contributed by atoms with Crippen LogP contribution in [-0.2, 0) is 16.2 Å². The highest BCUT2D eigenvalue weighted by Crippen LogP contribution is 2.38. The summed E-state index contributed by atoms with van der Waals surface area (Å²) in [4.78, 5) is 27.1. The first-order chi connectivity index (χ1) is 17.2. The van der Waals surface area contributed by atoms with E-state index in [4.69, 9.17) is 44.9 Å². The normalized spacial score (nSPS) is 14.8. The number of benzene rings is 3. The zero-order valence-corrected chi connectivity index (χ0v) is 22.4. The zero-order chi connectivity index (χ0) is 26.0. The second-order valence-corrected chi connectivity index (χ2v) is 9.51. The third-order valence-corrected chi connectivity index (χ3v) is 6.82. The van der Waals surface area contributed by atoms with E-state index in [9.17, 15) is 14.0 Å². The van der Waals surface area contributed by atoms with Crippen molar-refractivity contribution < 1.29 is 23.5 Å². The summed E-state index contributed by atoms with van der Waals surface area (Å²) in [7, 11) is 1.46. The molecule has 1 N–H and O–H groups in total. The number of hydrogen-bond donors (Lipinski definition) is 1. The number of nitrogens with one attached hydrogen (secondary N) is 1. The summed E-state index contributed by atoms with van der Waals surface area (Å²) in [6.45, 7) is 0.170. The molecule has 0 atom stereocenters. The lowest BCUT2D eigenvalue weighted by Crippen LogP contribution is -2.54. The van der Waals surface area contributed by atoms with E-state index < -0.39 is 11.8 Å². The van der Waals surface area contributed by atoms with Crippen LogP contribution in [-0.4, -0.2) is 24.0 Å². The van der Waals surface area contributed by atoms with Crippen LogP contribution in [0.25, 0.3) is 6.08 Å². The smallest absolute Gasteiger partial charge is 0.270 e.